The van der Waals surface area contributed by atoms with Crippen molar-refractivity contribution in [3.63, 3.8) is 0 Å². The van der Waals surface area contributed by atoms with E-state index in [9.17, 15) is 21.4 Å². The van der Waals surface area contributed by atoms with Gasteiger partial charge in [-0.25, -0.2) is 0 Å². The number of hydrogen-bond donors (Lipinski definition) is 1. The van der Waals surface area contributed by atoms with Gasteiger partial charge in [0.2, 0.25) is 0 Å². The summed E-state index contributed by atoms with van der Waals surface area (Å²) in [5.41, 5.74) is 3.12. The molecule has 0 bridgehead atoms. The zero-order valence-electron chi connectivity index (χ0n) is 22.1. The highest BCUT2D eigenvalue weighted by atomic mass is 32.2. The van der Waals surface area contributed by atoms with Gasteiger partial charge in [-0.05, 0) is 85.1 Å². The third-order valence-electron chi connectivity index (χ3n) is 9.16. The zero-order valence-corrected chi connectivity index (χ0v) is 23.8. The van der Waals surface area contributed by atoms with Crippen LogP contribution >= 0.6 is 0 Å². The van der Waals surface area contributed by atoms with Crippen LogP contribution in [0.4, 0.5) is 0 Å². The normalized spacial score (nSPS) is 19.8. The van der Waals surface area contributed by atoms with Crippen molar-refractivity contribution in [2.75, 3.05) is 0 Å². The summed E-state index contributed by atoms with van der Waals surface area (Å²) in [6.07, 6.45) is 13.1. The van der Waals surface area contributed by atoms with E-state index in [-0.39, 0.29) is 27.9 Å². The van der Waals surface area contributed by atoms with Crippen molar-refractivity contribution < 1.29 is 25.6 Å². The minimum Gasteiger partial charge on any atom is -0.378 e. The second-order valence-corrected chi connectivity index (χ2v) is 14.5. The Hall–Kier alpha value is -2.42. The van der Waals surface area contributed by atoms with Gasteiger partial charge in [0.1, 0.15) is 9.79 Å². The predicted octanol–water partition coefficient (Wildman–Crippen LogP) is 7.83. The van der Waals surface area contributed by atoms with E-state index in [1.807, 2.05) is 0 Å². The summed E-state index contributed by atoms with van der Waals surface area (Å²) in [6.45, 7) is 0. The molecule has 0 atom stereocenters. The Morgan fingerprint density at radius 3 is 1.64 bits per heavy atom. The Balaban J connectivity index is 1.52. The molecule has 0 heterocycles. The second kappa shape index (κ2) is 10.5. The molecule has 0 saturated heterocycles. The summed E-state index contributed by atoms with van der Waals surface area (Å²) in [5, 5.41) is 0.542. The first-order chi connectivity index (χ1) is 18.7. The van der Waals surface area contributed by atoms with Crippen LogP contribution in [-0.2, 0) is 20.2 Å². The van der Waals surface area contributed by atoms with Crippen molar-refractivity contribution in [3.05, 3.63) is 65.2 Å². The molecule has 0 unspecified atom stereocenters. The Morgan fingerprint density at radius 1 is 0.641 bits per heavy atom. The maximum atomic E-state index is 14.3. The van der Waals surface area contributed by atoms with E-state index in [1.165, 1.54) is 30.5 Å². The van der Waals surface area contributed by atoms with Crippen LogP contribution in [0.2, 0.25) is 0 Å². The van der Waals surface area contributed by atoms with Crippen molar-refractivity contribution in [1.29, 1.82) is 0 Å². The van der Waals surface area contributed by atoms with Gasteiger partial charge < -0.3 is 4.18 Å². The van der Waals surface area contributed by atoms with E-state index in [4.69, 9.17) is 4.18 Å². The number of benzene rings is 3. The first kappa shape index (κ1) is 26.8. The van der Waals surface area contributed by atoms with Gasteiger partial charge in [0.15, 0.2) is 5.75 Å². The minimum atomic E-state index is -4.50. The lowest BCUT2D eigenvalue weighted by Crippen LogP contribution is -2.18. The van der Waals surface area contributed by atoms with Gasteiger partial charge in [-0.3, -0.25) is 4.55 Å². The van der Waals surface area contributed by atoms with Crippen molar-refractivity contribution in [2.45, 2.75) is 105 Å². The van der Waals surface area contributed by atoms with Gasteiger partial charge in [-0.15, -0.1) is 0 Å². The van der Waals surface area contributed by atoms with Crippen molar-refractivity contribution in [2.24, 2.45) is 0 Å². The summed E-state index contributed by atoms with van der Waals surface area (Å²) >= 11 is 0. The van der Waals surface area contributed by atoms with E-state index in [0.29, 0.717) is 16.2 Å². The van der Waals surface area contributed by atoms with Crippen LogP contribution in [0.15, 0.2) is 58.3 Å². The largest absolute Gasteiger partial charge is 0.378 e. The molecular formula is C31H36O6S2. The van der Waals surface area contributed by atoms with Crippen LogP contribution in [0.25, 0.3) is 10.8 Å². The SMILES string of the molecule is O=S(=O)(O)c1ccc(OS(=O)(=O)c2c(C3CCCC3)cc(C3CCCC3)cc2C2CCCC2)c2ccccc12. The van der Waals surface area contributed by atoms with Crippen LogP contribution in [0.3, 0.4) is 0 Å². The molecule has 0 aliphatic heterocycles. The molecule has 0 aromatic heterocycles. The molecule has 3 fully saturated rings. The first-order valence-electron chi connectivity index (χ1n) is 14.3. The van der Waals surface area contributed by atoms with Crippen molar-refractivity contribution >= 4 is 31.0 Å². The van der Waals surface area contributed by atoms with E-state index < -0.39 is 20.2 Å². The van der Waals surface area contributed by atoms with Gasteiger partial charge in [-0.1, -0.05) is 74.9 Å². The molecule has 208 valence electrons. The highest BCUT2D eigenvalue weighted by molar-refractivity contribution is 7.87. The van der Waals surface area contributed by atoms with Crippen LogP contribution in [0, 0.1) is 0 Å². The van der Waals surface area contributed by atoms with E-state index in [0.717, 1.165) is 75.3 Å². The summed E-state index contributed by atoms with van der Waals surface area (Å²) in [7, 11) is -8.74. The molecule has 39 heavy (non-hydrogen) atoms. The van der Waals surface area contributed by atoms with Crippen LogP contribution in [0.5, 0.6) is 5.75 Å². The van der Waals surface area contributed by atoms with Gasteiger partial charge in [-0.2, -0.15) is 16.8 Å². The molecule has 3 saturated carbocycles. The topological polar surface area (TPSA) is 97.7 Å². The summed E-state index contributed by atoms with van der Waals surface area (Å²) in [6, 6.07) is 13.4. The van der Waals surface area contributed by atoms with Gasteiger partial charge in [0, 0.05) is 10.8 Å². The first-order valence-corrected chi connectivity index (χ1v) is 17.2. The molecular weight excluding hydrogens is 532 g/mol. The van der Waals surface area contributed by atoms with Crippen LogP contribution < -0.4 is 4.18 Å². The van der Waals surface area contributed by atoms with Gasteiger partial charge in [0.25, 0.3) is 10.1 Å². The molecule has 3 aromatic rings. The van der Waals surface area contributed by atoms with Crippen molar-refractivity contribution in [1.82, 2.24) is 0 Å². The third kappa shape index (κ3) is 5.23. The smallest absolute Gasteiger partial charge is 0.339 e. The predicted molar refractivity (Wildman–Crippen MR) is 152 cm³/mol. The maximum absolute atomic E-state index is 14.3. The fourth-order valence-electron chi connectivity index (χ4n) is 7.26. The molecule has 0 amide bonds. The van der Waals surface area contributed by atoms with Crippen LogP contribution in [0.1, 0.15) is 111 Å². The molecule has 6 rings (SSSR count). The molecule has 3 aliphatic carbocycles. The highest BCUT2D eigenvalue weighted by Crippen LogP contribution is 2.47. The monoisotopic (exact) mass is 568 g/mol. The molecule has 6 nitrogen and oxygen atoms in total. The van der Waals surface area contributed by atoms with E-state index >= 15 is 0 Å². The van der Waals surface area contributed by atoms with E-state index in [1.54, 1.807) is 24.3 Å². The van der Waals surface area contributed by atoms with Gasteiger partial charge in [0.05, 0.1) is 0 Å². The Morgan fingerprint density at radius 2 is 1.13 bits per heavy atom. The maximum Gasteiger partial charge on any atom is 0.339 e. The fraction of sp³-hybridized carbons (Fsp3) is 0.484. The summed E-state index contributed by atoms with van der Waals surface area (Å²) in [5.74, 6) is 0.935. The highest BCUT2D eigenvalue weighted by Gasteiger charge is 2.35. The van der Waals surface area contributed by atoms with Crippen molar-refractivity contribution in [3.8, 4) is 5.75 Å². The average molecular weight is 569 g/mol. The lowest BCUT2D eigenvalue weighted by Gasteiger charge is -2.25. The summed E-state index contributed by atoms with van der Waals surface area (Å²) in [4.78, 5) is 0.0630. The Bertz CT molecular complexity index is 1550. The zero-order chi connectivity index (χ0) is 27.2. The molecule has 3 aliphatic rings. The Kier molecular flexibility index (Phi) is 7.23. The lowest BCUT2D eigenvalue weighted by molar-refractivity contribution is 0.482. The number of hydrogen-bond acceptors (Lipinski definition) is 5. The molecule has 1 N–H and O–H groups in total. The fourth-order valence-corrected chi connectivity index (χ4v) is 9.45. The molecule has 3 aromatic carbocycles. The number of rotatable bonds is 7. The van der Waals surface area contributed by atoms with Crippen LogP contribution in [-0.4, -0.2) is 21.4 Å². The number of fused-ring (bicyclic) bond motifs is 1. The average Bonchev–Trinajstić information content (AvgIpc) is 3.70. The standard InChI is InChI=1S/C31H36O6S2/c32-38(33,34)30-18-17-29(25-15-7-8-16-26(25)30)37-39(35,36)31-27(22-11-3-4-12-22)19-24(21-9-1-2-10-21)20-28(31)23-13-5-6-14-23/h7-8,15-23H,1-6,9-14H2,(H,32,33,34). The lowest BCUT2D eigenvalue weighted by atomic mass is 9.85. The molecule has 0 radical (unpaired) electrons. The van der Waals surface area contributed by atoms with Gasteiger partial charge >= 0.3 is 10.1 Å². The van der Waals surface area contributed by atoms with E-state index in [2.05, 4.69) is 12.1 Å². The summed E-state index contributed by atoms with van der Waals surface area (Å²) < 4.78 is 68.3. The Labute approximate surface area is 231 Å². The second-order valence-electron chi connectivity index (χ2n) is 11.6. The minimum absolute atomic E-state index is 0.0626. The quantitative estimate of drug-likeness (QED) is 0.230. The molecule has 0 spiro atoms. The third-order valence-corrected chi connectivity index (χ3v) is 11.4. The molecule has 8 heteroatoms.